The second-order valence-electron chi connectivity index (χ2n) is 6.13. The molecule has 0 radical (unpaired) electrons. The quantitative estimate of drug-likeness (QED) is 0.788. The molecule has 120 valence electrons. The zero-order chi connectivity index (χ0) is 16.4. The Balaban J connectivity index is 1.58. The van der Waals surface area contributed by atoms with Gasteiger partial charge >= 0.3 is 5.97 Å². The van der Waals surface area contributed by atoms with Crippen molar-refractivity contribution in [3.63, 3.8) is 0 Å². The maximum atomic E-state index is 12.9. The van der Waals surface area contributed by atoms with Crippen LogP contribution in [0.15, 0.2) is 48.5 Å². The van der Waals surface area contributed by atoms with Crippen LogP contribution in [0.2, 0.25) is 0 Å². The van der Waals surface area contributed by atoms with Crippen LogP contribution in [0.5, 0.6) is 0 Å². The molecule has 3 rings (SSSR count). The molecule has 0 heterocycles. The smallest absolute Gasteiger partial charge is 0.309 e. The zero-order valence-corrected chi connectivity index (χ0v) is 13.3. The number of hydrogen-bond donors (Lipinski definition) is 0. The second-order valence-corrected chi connectivity index (χ2v) is 6.13. The van der Waals surface area contributed by atoms with Gasteiger partial charge in [-0.3, -0.25) is 4.79 Å². The molecule has 0 aromatic heterocycles. The van der Waals surface area contributed by atoms with Gasteiger partial charge in [0, 0.05) is 25.3 Å². The lowest BCUT2D eigenvalue weighted by Gasteiger charge is -2.17. The minimum Gasteiger partial charge on any atom is -0.460 e. The SMILES string of the molecule is CN(C)c1ccccc1COC(=O)[C@H]1C[C@H]1c1ccc(F)cc1. The van der Waals surface area contributed by atoms with E-state index in [1.54, 1.807) is 12.1 Å². The first-order chi connectivity index (χ1) is 11.1. The highest BCUT2D eigenvalue weighted by Crippen LogP contribution is 2.48. The minimum absolute atomic E-state index is 0.105. The van der Waals surface area contributed by atoms with E-state index >= 15 is 0 Å². The van der Waals surface area contributed by atoms with E-state index in [0.717, 1.165) is 23.2 Å². The summed E-state index contributed by atoms with van der Waals surface area (Å²) in [4.78, 5) is 14.2. The van der Waals surface area contributed by atoms with Gasteiger partial charge in [0.2, 0.25) is 0 Å². The van der Waals surface area contributed by atoms with E-state index in [1.807, 2.05) is 43.3 Å². The predicted molar refractivity (Wildman–Crippen MR) is 87.8 cm³/mol. The Morgan fingerprint density at radius 1 is 1.17 bits per heavy atom. The van der Waals surface area contributed by atoms with Crippen LogP contribution in [-0.4, -0.2) is 20.1 Å². The Bertz CT molecular complexity index is 697. The zero-order valence-electron chi connectivity index (χ0n) is 13.3. The van der Waals surface area contributed by atoms with Crippen molar-refractivity contribution in [3.05, 3.63) is 65.5 Å². The highest BCUT2D eigenvalue weighted by molar-refractivity contribution is 5.77. The molecule has 2 aromatic rings. The number of para-hydroxylation sites is 1. The third kappa shape index (κ3) is 3.52. The van der Waals surface area contributed by atoms with Gasteiger partial charge < -0.3 is 9.64 Å². The molecule has 0 bridgehead atoms. The molecule has 0 saturated heterocycles. The van der Waals surface area contributed by atoms with E-state index in [0.29, 0.717) is 0 Å². The highest BCUT2D eigenvalue weighted by atomic mass is 19.1. The lowest BCUT2D eigenvalue weighted by molar-refractivity contribution is -0.146. The van der Waals surface area contributed by atoms with Gasteiger partial charge in [-0.15, -0.1) is 0 Å². The van der Waals surface area contributed by atoms with Crippen LogP contribution in [0.4, 0.5) is 10.1 Å². The molecule has 2 aromatic carbocycles. The Hall–Kier alpha value is -2.36. The van der Waals surface area contributed by atoms with Gasteiger partial charge in [-0.1, -0.05) is 30.3 Å². The molecule has 1 saturated carbocycles. The number of carbonyl (C=O) groups excluding carboxylic acids is 1. The second kappa shape index (κ2) is 6.41. The van der Waals surface area contributed by atoms with Crippen LogP contribution in [0.3, 0.4) is 0 Å². The first-order valence-corrected chi connectivity index (χ1v) is 7.73. The largest absolute Gasteiger partial charge is 0.460 e. The summed E-state index contributed by atoms with van der Waals surface area (Å²) in [5.74, 6) is -0.374. The summed E-state index contributed by atoms with van der Waals surface area (Å²) < 4.78 is 18.4. The molecular formula is C19H20FNO2. The maximum Gasteiger partial charge on any atom is 0.309 e. The van der Waals surface area contributed by atoms with Crippen LogP contribution >= 0.6 is 0 Å². The molecule has 0 spiro atoms. The van der Waals surface area contributed by atoms with E-state index in [1.165, 1.54) is 12.1 Å². The summed E-state index contributed by atoms with van der Waals surface area (Å²) in [5, 5.41) is 0. The molecule has 1 fully saturated rings. The van der Waals surface area contributed by atoms with Crippen LogP contribution in [0.1, 0.15) is 23.5 Å². The Labute approximate surface area is 135 Å². The fraction of sp³-hybridized carbons (Fsp3) is 0.316. The van der Waals surface area contributed by atoms with Crippen LogP contribution < -0.4 is 4.90 Å². The van der Waals surface area contributed by atoms with E-state index < -0.39 is 0 Å². The number of nitrogens with zero attached hydrogens (tertiary/aromatic N) is 1. The Kier molecular flexibility index (Phi) is 4.33. The fourth-order valence-electron chi connectivity index (χ4n) is 2.86. The van der Waals surface area contributed by atoms with Gasteiger partial charge in [0.1, 0.15) is 12.4 Å². The van der Waals surface area contributed by atoms with Gasteiger partial charge in [0.05, 0.1) is 5.92 Å². The van der Waals surface area contributed by atoms with Crippen molar-refractivity contribution in [2.75, 3.05) is 19.0 Å². The van der Waals surface area contributed by atoms with Crippen LogP contribution in [0, 0.1) is 11.7 Å². The third-order valence-corrected chi connectivity index (χ3v) is 4.23. The summed E-state index contributed by atoms with van der Waals surface area (Å²) in [6.45, 7) is 0.278. The minimum atomic E-state index is -0.256. The summed E-state index contributed by atoms with van der Waals surface area (Å²) in [7, 11) is 3.93. The molecule has 3 nitrogen and oxygen atoms in total. The number of benzene rings is 2. The number of ether oxygens (including phenoxy) is 1. The van der Waals surface area contributed by atoms with Gasteiger partial charge in [-0.25, -0.2) is 4.39 Å². The van der Waals surface area contributed by atoms with Crippen LogP contribution in [0.25, 0.3) is 0 Å². The number of rotatable bonds is 5. The van der Waals surface area contributed by atoms with E-state index in [4.69, 9.17) is 4.74 Å². The average Bonchev–Trinajstić information content (AvgIpc) is 3.34. The lowest BCUT2D eigenvalue weighted by atomic mass is 10.1. The van der Waals surface area contributed by atoms with E-state index in [9.17, 15) is 9.18 Å². The Morgan fingerprint density at radius 2 is 1.87 bits per heavy atom. The molecule has 0 N–H and O–H groups in total. The first kappa shape index (κ1) is 15.5. The maximum absolute atomic E-state index is 12.9. The molecule has 2 atom stereocenters. The molecule has 0 amide bonds. The van der Waals surface area contributed by atoms with Crippen molar-refractivity contribution in [2.24, 2.45) is 5.92 Å². The molecule has 1 aliphatic carbocycles. The average molecular weight is 313 g/mol. The van der Waals surface area contributed by atoms with Crippen molar-refractivity contribution < 1.29 is 13.9 Å². The number of hydrogen-bond acceptors (Lipinski definition) is 3. The number of esters is 1. The number of carbonyl (C=O) groups is 1. The van der Waals surface area contributed by atoms with E-state index in [-0.39, 0.29) is 30.2 Å². The Morgan fingerprint density at radius 3 is 2.57 bits per heavy atom. The summed E-state index contributed by atoms with van der Waals surface area (Å²) >= 11 is 0. The molecule has 23 heavy (non-hydrogen) atoms. The van der Waals surface area contributed by atoms with Crippen LogP contribution in [-0.2, 0) is 16.1 Å². The molecule has 0 unspecified atom stereocenters. The molecule has 1 aliphatic rings. The normalized spacial score (nSPS) is 19.3. The van der Waals surface area contributed by atoms with Gasteiger partial charge in [0.25, 0.3) is 0 Å². The highest BCUT2D eigenvalue weighted by Gasteiger charge is 2.45. The standard InChI is InChI=1S/C19H20FNO2/c1-21(2)18-6-4-3-5-14(18)12-23-19(22)17-11-16(17)13-7-9-15(20)10-8-13/h3-10,16-17H,11-12H2,1-2H3/t16-,17-/m0/s1. The van der Waals surface area contributed by atoms with Crippen molar-refractivity contribution in [3.8, 4) is 0 Å². The topological polar surface area (TPSA) is 29.5 Å². The number of anilines is 1. The van der Waals surface area contributed by atoms with Crippen molar-refractivity contribution in [2.45, 2.75) is 18.9 Å². The lowest BCUT2D eigenvalue weighted by Crippen LogP contribution is -2.13. The van der Waals surface area contributed by atoms with Crippen molar-refractivity contribution in [1.82, 2.24) is 0 Å². The first-order valence-electron chi connectivity index (χ1n) is 7.73. The fourth-order valence-corrected chi connectivity index (χ4v) is 2.86. The van der Waals surface area contributed by atoms with Crippen molar-refractivity contribution in [1.29, 1.82) is 0 Å². The number of halogens is 1. The molecule has 0 aliphatic heterocycles. The molecule has 4 heteroatoms. The van der Waals surface area contributed by atoms with Gasteiger partial charge in [0.15, 0.2) is 0 Å². The van der Waals surface area contributed by atoms with Crippen molar-refractivity contribution >= 4 is 11.7 Å². The predicted octanol–water partition coefficient (Wildman–Crippen LogP) is 3.74. The van der Waals surface area contributed by atoms with Gasteiger partial charge in [-0.2, -0.15) is 0 Å². The van der Waals surface area contributed by atoms with E-state index in [2.05, 4.69) is 0 Å². The van der Waals surface area contributed by atoms with Gasteiger partial charge in [-0.05, 0) is 36.1 Å². The summed E-state index contributed by atoms with van der Waals surface area (Å²) in [5.41, 5.74) is 3.04. The summed E-state index contributed by atoms with van der Waals surface area (Å²) in [6.07, 6.45) is 0.778. The molecular weight excluding hydrogens is 293 g/mol. The summed E-state index contributed by atoms with van der Waals surface area (Å²) in [6, 6.07) is 14.2. The third-order valence-electron chi connectivity index (χ3n) is 4.23. The monoisotopic (exact) mass is 313 g/mol.